The fraction of sp³-hybridized carbons (Fsp3) is 0.924. The van der Waals surface area contributed by atoms with Gasteiger partial charge in [-0.3, -0.25) is 4.79 Å². The molecular formula is C92H173NO18. The summed E-state index contributed by atoms with van der Waals surface area (Å²) in [5.41, 5.74) is 0. The molecule has 3 fully saturated rings. The minimum absolute atomic E-state index is 0.248. The molecule has 0 aromatic rings. The molecule has 0 spiro atoms. The first-order valence-corrected chi connectivity index (χ1v) is 46.7. The average molecular weight is 1580 g/mol. The Morgan fingerprint density at radius 2 is 0.595 bits per heavy atom. The molecule has 3 rings (SSSR count). The van der Waals surface area contributed by atoms with Crippen LogP contribution in [0.1, 0.15) is 412 Å². The number of hydrogen-bond acceptors (Lipinski definition) is 18. The summed E-state index contributed by atoms with van der Waals surface area (Å²) in [6.45, 7) is 1.80. The van der Waals surface area contributed by atoms with Crippen molar-refractivity contribution in [2.45, 2.75) is 516 Å². The normalized spacial score (nSPS) is 25.1. The number of nitrogens with one attached hydrogen (secondary N) is 1. The lowest BCUT2D eigenvalue weighted by Gasteiger charge is -2.48. The van der Waals surface area contributed by atoms with Crippen molar-refractivity contribution in [1.82, 2.24) is 5.32 Å². The van der Waals surface area contributed by atoms with E-state index in [-0.39, 0.29) is 18.9 Å². The number of hydrogen-bond donors (Lipinski definition) is 12. The second-order valence-electron chi connectivity index (χ2n) is 33.5. The smallest absolute Gasteiger partial charge is 0.220 e. The Morgan fingerprint density at radius 1 is 0.324 bits per heavy atom. The molecule has 654 valence electrons. The molecule has 111 heavy (non-hydrogen) atoms. The fourth-order valence-corrected chi connectivity index (χ4v) is 16.0. The lowest BCUT2D eigenvalue weighted by molar-refractivity contribution is -0.379. The van der Waals surface area contributed by atoms with Gasteiger partial charge in [0.25, 0.3) is 0 Å². The number of carbonyl (C=O) groups excluding carboxylic acids is 1. The quantitative estimate of drug-likeness (QED) is 0.0199. The summed E-state index contributed by atoms with van der Waals surface area (Å²) >= 11 is 0. The van der Waals surface area contributed by atoms with Crippen molar-refractivity contribution in [3.63, 3.8) is 0 Å². The third-order valence-corrected chi connectivity index (χ3v) is 23.4. The van der Waals surface area contributed by atoms with Gasteiger partial charge in [0.1, 0.15) is 73.2 Å². The molecule has 12 N–H and O–H groups in total. The van der Waals surface area contributed by atoms with Gasteiger partial charge in [0, 0.05) is 6.42 Å². The van der Waals surface area contributed by atoms with Crippen LogP contribution in [0.15, 0.2) is 36.5 Å². The zero-order chi connectivity index (χ0) is 80.3. The maximum Gasteiger partial charge on any atom is 0.220 e. The average Bonchev–Trinajstić information content (AvgIpc) is 0.780. The highest BCUT2D eigenvalue weighted by Gasteiger charge is 2.54. The van der Waals surface area contributed by atoms with E-state index in [4.69, 9.17) is 28.4 Å². The van der Waals surface area contributed by atoms with Crippen LogP contribution >= 0.6 is 0 Å². The molecule has 0 aliphatic carbocycles. The van der Waals surface area contributed by atoms with E-state index >= 15 is 0 Å². The predicted octanol–water partition coefficient (Wildman–Crippen LogP) is 18.2. The van der Waals surface area contributed by atoms with Gasteiger partial charge in [0.15, 0.2) is 18.9 Å². The molecule has 19 heteroatoms. The van der Waals surface area contributed by atoms with Gasteiger partial charge in [0.2, 0.25) is 5.91 Å². The van der Waals surface area contributed by atoms with Crippen molar-refractivity contribution in [2.75, 3.05) is 26.4 Å². The first-order valence-electron chi connectivity index (χ1n) is 46.7. The minimum atomic E-state index is -1.98. The van der Waals surface area contributed by atoms with E-state index < -0.39 is 124 Å². The lowest BCUT2D eigenvalue weighted by atomic mass is 9.96. The standard InChI is InChI=1S/C92H173NO18/c1-3-5-7-9-11-13-15-17-19-21-23-25-27-29-31-33-35-37-39-41-43-45-47-49-51-53-55-57-59-61-63-65-67-69-76(97)75(74-106-90-86(104)83(101)88(78(72-95)108-90)111-92-87(105)84(102)89(79(73-96)109-92)110-91-85(103)82(100)81(99)77(71-94)107-91)93-80(98)70-68-66-64-62-60-58-56-54-52-50-48-46-44-42-40-38-36-34-32-30-28-26-24-22-20-18-16-14-12-10-8-6-4-2/h16,18,22,24,67,69,75-79,81-92,94-97,99-105H,3-15,17,19-21,23,25-66,68,70-74H2,1-2H3,(H,93,98)/b18-16-,24-22-,69-67+. The number of aliphatic hydroxyl groups is 11. The SMILES string of the molecule is CCCCCCC/C=C\C/C=C\CCCCCCCCCCCCCCCCCCCCCCCC(=O)NC(COC1OC(CO)C(OC2OC(CO)C(OC3OC(CO)C(O)C(O)C3O)C(O)C2O)C(O)C1O)C(O)/C=C/CCCCCCCCCCCCCCCCCCCCCCCCCCCCCCCCC. The van der Waals surface area contributed by atoms with Crippen LogP contribution in [-0.4, -0.2) is 193 Å². The molecule has 0 aromatic carbocycles. The Morgan fingerprint density at radius 3 is 0.919 bits per heavy atom. The summed E-state index contributed by atoms with van der Waals surface area (Å²) in [6, 6.07) is -0.974. The molecule has 17 unspecified atom stereocenters. The van der Waals surface area contributed by atoms with E-state index in [0.717, 1.165) is 51.4 Å². The maximum atomic E-state index is 13.5. The predicted molar refractivity (Wildman–Crippen MR) is 448 cm³/mol. The van der Waals surface area contributed by atoms with Crippen LogP contribution in [0, 0.1) is 0 Å². The zero-order valence-corrected chi connectivity index (χ0v) is 70.7. The number of allylic oxidation sites excluding steroid dienone is 5. The lowest BCUT2D eigenvalue weighted by Crippen LogP contribution is -2.66. The summed E-state index contributed by atoms with van der Waals surface area (Å²) in [5.74, 6) is -0.267. The van der Waals surface area contributed by atoms with E-state index in [1.54, 1.807) is 6.08 Å². The third-order valence-electron chi connectivity index (χ3n) is 23.4. The van der Waals surface area contributed by atoms with Crippen LogP contribution in [0.5, 0.6) is 0 Å². The van der Waals surface area contributed by atoms with E-state index in [1.807, 2.05) is 6.08 Å². The Bertz CT molecular complexity index is 2140. The van der Waals surface area contributed by atoms with E-state index in [2.05, 4.69) is 43.5 Å². The maximum absolute atomic E-state index is 13.5. The number of rotatable bonds is 77. The second kappa shape index (κ2) is 72.1. The summed E-state index contributed by atoms with van der Waals surface area (Å²) in [7, 11) is 0. The largest absolute Gasteiger partial charge is 0.394 e. The molecule has 3 saturated heterocycles. The number of amides is 1. The summed E-state index contributed by atoms with van der Waals surface area (Å²) in [4.78, 5) is 13.5. The van der Waals surface area contributed by atoms with Crippen LogP contribution in [0.3, 0.4) is 0 Å². The summed E-state index contributed by atoms with van der Waals surface area (Å²) < 4.78 is 34.6. The highest BCUT2D eigenvalue weighted by molar-refractivity contribution is 5.76. The second-order valence-corrected chi connectivity index (χ2v) is 33.5. The molecule has 1 amide bonds. The molecule has 3 aliphatic heterocycles. The molecule has 3 aliphatic rings. The van der Waals surface area contributed by atoms with Crippen molar-refractivity contribution in [3.8, 4) is 0 Å². The molecule has 3 heterocycles. The van der Waals surface area contributed by atoms with E-state index in [9.17, 15) is 61.0 Å². The van der Waals surface area contributed by atoms with Crippen LogP contribution in [0.25, 0.3) is 0 Å². The third kappa shape index (κ3) is 50.5. The minimum Gasteiger partial charge on any atom is -0.394 e. The Hall–Kier alpha value is -1.99. The van der Waals surface area contributed by atoms with Crippen LogP contribution < -0.4 is 5.32 Å². The summed E-state index contributed by atoms with van der Waals surface area (Å²) in [6.07, 6.45) is 65.9. The topological polar surface area (TPSA) is 307 Å². The van der Waals surface area contributed by atoms with Gasteiger partial charge in [-0.15, -0.1) is 0 Å². The number of carbonyl (C=O) groups is 1. The Kier molecular flexibility index (Phi) is 67.0. The van der Waals surface area contributed by atoms with Gasteiger partial charge in [-0.05, 0) is 51.4 Å². The highest BCUT2D eigenvalue weighted by Crippen LogP contribution is 2.34. The number of ether oxygens (including phenoxy) is 6. The number of unbranched alkanes of at least 4 members (excludes halogenated alkanes) is 57. The Balaban J connectivity index is 1.32. The van der Waals surface area contributed by atoms with E-state index in [1.165, 1.54) is 334 Å². The molecule has 0 aromatic heterocycles. The van der Waals surface area contributed by atoms with Crippen LogP contribution in [0.2, 0.25) is 0 Å². The van der Waals surface area contributed by atoms with Gasteiger partial charge >= 0.3 is 0 Å². The van der Waals surface area contributed by atoms with Crippen molar-refractivity contribution in [3.05, 3.63) is 36.5 Å². The van der Waals surface area contributed by atoms with Crippen LogP contribution in [-0.2, 0) is 33.2 Å². The molecular weight excluding hydrogens is 1410 g/mol. The molecule has 0 radical (unpaired) electrons. The zero-order valence-electron chi connectivity index (χ0n) is 70.7. The molecule has 17 atom stereocenters. The van der Waals surface area contributed by atoms with Crippen molar-refractivity contribution in [1.29, 1.82) is 0 Å². The van der Waals surface area contributed by atoms with Crippen molar-refractivity contribution < 1.29 is 89.4 Å². The van der Waals surface area contributed by atoms with Crippen molar-refractivity contribution >= 4 is 5.91 Å². The monoisotopic (exact) mass is 1580 g/mol. The number of aliphatic hydroxyl groups excluding tert-OH is 11. The highest BCUT2D eigenvalue weighted by atomic mass is 16.8. The van der Waals surface area contributed by atoms with Crippen LogP contribution in [0.4, 0.5) is 0 Å². The van der Waals surface area contributed by atoms with Crippen molar-refractivity contribution in [2.24, 2.45) is 0 Å². The van der Waals surface area contributed by atoms with Gasteiger partial charge < -0.3 is 89.9 Å². The summed E-state index contributed by atoms with van der Waals surface area (Å²) in [5, 5.41) is 121. The van der Waals surface area contributed by atoms with Gasteiger partial charge in [-0.2, -0.15) is 0 Å². The molecule has 19 nitrogen and oxygen atoms in total. The van der Waals surface area contributed by atoms with Gasteiger partial charge in [-0.1, -0.05) is 391 Å². The molecule has 0 saturated carbocycles. The van der Waals surface area contributed by atoms with Gasteiger partial charge in [-0.25, -0.2) is 0 Å². The van der Waals surface area contributed by atoms with Gasteiger partial charge in [0.05, 0.1) is 38.6 Å². The first kappa shape index (κ1) is 103. The fourth-order valence-electron chi connectivity index (χ4n) is 16.0. The van der Waals surface area contributed by atoms with E-state index in [0.29, 0.717) is 6.42 Å². The molecule has 0 bridgehead atoms. The first-order chi connectivity index (χ1) is 54.3. The Labute approximate surface area is 676 Å².